The number of rotatable bonds is 12. The molecule has 0 saturated carbocycles. The highest BCUT2D eigenvalue weighted by Crippen LogP contribution is 2.40. The fourth-order valence-electron chi connectivity index (χ4n) is 9.82. The van der Waals surface area contributed by atoms with Gasteiger partial charge in [-0.05, 0) is 274 Å². The van der Waals surface area contributed by atoms with Crippen molar-refractivity contribution in [2.24, 2.45) is 0 Å². The van der Waals surface area contributed by atoms with Crippen LogP contribution in [0.3, 0.4) is 0 Å². The highest BCUT2D eigenvalue weighted by atomic mass is 16.5. The van der Waals surface area contributed by atoms with E-state index >= 15 is 0 Å². The minimum absolute atomic E-state index is 0.120. The van der Waals surface area contributed by atoms with Crippen LogP contribution in [0.15, 0.2) is 103 Å². The van der Waals surface area contributed by atoms with Crippen molar-refractivity contribution in [2.75, 3.05) is 0 Å². The molecule has 0 aliphatic rings. The van der Waals surface area contributed by atoms with E-state index in [-0.39, 0.29) is 27.8 Å². The van der Waals surface area contributed by atoms with E-state index in [2.05, 4.69) is 174 Å². The van der Waals surface area contributed by atoms with Crippen molar-refractivity contribution in [2.45, 2.75) is 344 Å². The third kappa shape index (κ3) is 32.2. The molecule has 0 spiro atoms. The topological polar surface area (TPSA) is 55.4 Å². The van der Waals surface area contributed by atoms with Gasteiger partial charge in [0.05, 0.1) is 0 Å². The highest BCUT2D eigenvalue weighted by Gasteiger charge is 2.26. The lowest BCUT2D eigenvalue weighted by Gasteiger charge is -2.28. The third-order valence-electron chi connectivity index (χ3n) is 13.5. The monoisotopic (exact) mass is 1300 g/mol. The summed E-state index contributed by atoms with van der Waals surface area (Å²) in [6.07, 6.45) is 0. The highest BCUT2D eigenvalue weighted by molar-refractivity contribution is 5.49. The molecule has 0 N–H and O–H groups in total. The summed E-state index contributed by atoms with van der Waals surface area (Å²) in [7, 11) is 0. The summed E-state index contributed by atoms with van der Waals surface area (Å²) in [5.74, 6) is 1.35. The Morgan fingerprint density at radius 3 is 0.819 bits per heavy atom. The summed E-state index contributed by atoms with van der Waals surface area (Å²) in [5.41, 5.74) is 10.7. The van der Waals surface area contributed by atoms with Crippen LogP contribution in [0.25, 0.3) is 0 Å². The van der Waals surface area contributed by atoms with Gasteiger partial charge in [0, 0.05) is 13.7 Å². The van der Waals surface area contributed by atoms with E-state index in [1.165, 1.54) is 40.3 Å². The predicted octanol–water partition coefficient (Wildman–Crippen LogP) is 27.1. The molecule has 0 bridgehead atoms. The molecule has 0 amide bonds. The van der Waals surface area contributed by atoms with Crippen molar-refractivity contribution >= 4 is 0 Å². The summed E-state index contributed by atoms with van der Waals surface area (Å²) in [6, 6.07) is 33.5. The van der Waals surface area contributed by atoms with E-state index in [1.54, 1.807) is 38.1 Å². The first-order chi connectivity index (χ1) is 46.1. The Bertz CT molecular complexity index is 3590. The zero-order valence-electron chi connectivity index (χ0n) is 76.4. The number of ether oxygens (including phenoxy) is 6. The van der Waals surface area contributed by atoms with Crippen LogP contribution in [0.1, 0.15) is 350 Å². The minimum Gasteiger partial charge on any atom is -0.488 e. The maximum atomic E-state index is 8.36. The van der Waals surface area contributed by atoms with Gasteiger partial charge in [0.1, 0.15) is 68.1 Å². The van der Waals surface area contributed by atoms with Gasteiger partial charge in [-0.15, -0.1) is 0 Å². The first kappa shape index (κ1) is 69.5. The number of para-hydroxylation sites is 4. The third-order valence-corrected chi connectivity index (χ3v) is 13.5. The molecule has 1 atom stereocenters. The molecule has 6 aromatic carbocycles. The lowest BCUT2D eigenvalue weighted by Crippen LogP contribution is -2.25. The van der Waals surface area contributed by atoms with E-state index in [0.29, 0.717) is 45.8 Å². The molecule has 0 saturated heterocycles. The number of benzene rings is 6. The van der Waals surface area contributed by atoms with Crippen molar-refractivity contribution in [3.8, 4) is 34.5 Å². The first-order valence-electron chi connectivity index (χ1n) is 39.0. The average molecular weight is 1300 g/mol. The van der Waals surface area contributed by atoms with Crippen molar-refractivity contribution in [3.63, 3.8) is 0 Å². The van der Waals surface area contributed by atoms with Gasteiger partial charge in [0.15, 0.2) is 0 Å². The SMILES string of the molecule is CC(C)(C)Oc1ccccc1C(C)(C)C.CC(C)c1cccc(C(C)C)c1OC(C)(C)C.Cc1cc(C)c(OC(C)(C)C)c(C)c1.[2H]C(C)(C)c1cccc(C([2H])(C)C([2H])([2H])[2H])c1OC(C)(C)C.[2H]C(C)(C)c1cccc(C([2H])(C)C)c1OC(C)(C)C.[2H]C([2H])([2H])c1cc(C)cc(C)c1OC(C)(C)C. The molecule has 6 heteroatoms. The molecule has 6 aromatic rings. The van der Waals surface area contributed by atoms with E-state index in [9.17, 15) is 0 Å². The molecule has 0 radical (unpaired) electrons. The molecule has 528 valence electrons. The largest absolute Gasteiger partial charge is 0.488 e. The molecular weight excluding hydrogens is 1150 g/mol. The first-order valence-corrected chi connectivity index (χ1v) is 34.0. The Labute approximate surface area is 593 Å². The second-order valence-corrected chi connectivity index (χ2v) is 33.3. The van der Waals surface area contributed by atoms with Gasteiger partial charge in [-0.25, -0.2) is 0 Å². The van der Waals surface area contributed by atoms with E-state index in [4.69, 9.17) is 42.1 Å². The van der Waals surface area contributed by atoms with Gasteiger partial charge < -0.3 is 28.4 Å². The Morgan fingerprint density at radius 1 is 0.298 bits per heavy atom. The zero-order valence-corrected chi connectivity index (χ0v) is 66.4. The van der Waals surface area contributed by atoms with Gasteiger partial charge >= 0.3 is 0 Å². The van der Waals surface area contributed by atoms with Gasteiger partial charge in [-0.3, -0.25) is 0 Å². The van der Waals surface area contributed by atoms with E-state index in [0.717, 1.165) is 39.5 Å². The minimum atomic E-state index is -2.49. The fourth-order valence-corrected chi connectivity index (χ4v) is 9.82. The van der Waals surface area contributed by atoms with Crippen LogP contribution < -0.4 is 28.4 Å². The smallest absolute Gasteiger partial charge is 0.126 e. The molecule has 6 nitrogen and oxygen atoms in total. The maximum Gasteiger partial charge on any atom is 0.126 e. The van der Waals surface area contributed by atoms with Crippen LogP contribution in [-0.4, -0.2) is 33.6 Å². The number of hydrogen-bond acceptors (Lipinski definition) is 6. The van der Waals surface area contributed by atoms with Crippen molar-refractivity contribution in [1.29, 1.82) is 0 Å². The molecule has 6 rings (SSSR count). The molecular formula is C88H140O6. The van der Waals surface area contributed by atoms with Crippen LogP contribution in [-0.2, 0) is 5.41 Å². The molecule has 0 aliphatic heterocycles. The van der Waals surface area contributed by atoms with Gasteiger partial charge in [-0.2, -0.15) is 0 Å². The molecule has 0 aliphatic carbocycles. The van der Waals surface area contributed by atoms with Crippen molar-refractivity contribution < 1.29 is 42.1 Å². The standard InChI is InChI=1S/3C16H26O.C14H22O.2C13H20O/c3*1-11(2)13-9-8-10-14(12(3)4)15(13)17-16(5,6)7;1-13(2,3)11-9-7-8-10-12(11)15-14(4,5)6;2*1-9-7-10(2)12(11(3)8-9)14-13(4,5)6/h3*8-12H,1-7H3;7-10H,1-6H3;2*7-8H,1-6H3/i1D3,11D,12D;11D,12D;;;2D3;. The van der Waals surface area contributed by atoms with Crippen LogP contribution in [0.5, 0.6) is 34.5 Å². The van der Waals surface area contributed by atoms with Crippen molar-refractivity contribution in [1.82, 2.24) is 0 Å². The van der Waals surface area contributed by atoms with E-state index in [1.807, 2.05) is 140 Å². The second kappa shape index (κ2) is 35.9. The Balaban J connectivity index is 0.000000627. The summed E-state index contributed by atoms with van der Waals surface area (Å²) in [5, 5.41) is 0. The number of aryl methyl sites for hydroxylation is 6. The molecule has 0 heterocycles. The summed E-state index contributed by atoms with van der Waals surface area (Å²) in [4.78, 5) is 0. The molecule has 0 aromatic heterocycles. The van der Waals surface area contributed by atoms with Crippen LogP contribution in [0.4, 0.5) is 0 Å². The van der Waals surface area contributed by atoms with Gasteiger partial charge in [0.25, 0.3) is 0 Å². The van der Waals surface area contributed by atoms with Crippen LogP contribution >= 0.6 is 0 Å². The Hall–Kier alpha value is -5.88. The maximum absolute atomic E-state index is 8.36. The Morgan fingerprint density at radius 2 is 0.553 bits per heavy atom. The van der Waals surface area contributed by atoms with Gasteiger partial charge in [0.2, 0.25) is 0 Å². The molecule has 1 unspecified atom stereocenters. The second-order valence-electron chi connectivity index (χ2n) is 33.3. The zero-order chi connectivity index (χ0) is 81.9. The molecule has 94 heavy (non-hydrogen) atoms. The fraction of sp³-hybridized carbons (Fsp3) is 0.591. The lowest BCUT2D eigenvalue weighted by molar-refractivity contribution is 0.126. The predicted molar refractivity (Wildman–Crippen MR) is 413 cm³/mol. The molecule has 0 fully saturated rings. The van der Waals surface area contributed by atoms with Crippen LogP contribution in [0, 0.1) is 41.5 Å². The Kier molecular flexibility index (Phi) is 26.5. The normalized spacial score (nSPS) is 14.9. The van der Waals surface area contributed by atoms with Gasteiger partial charge in [-0.1, -0.05) is 212 Å². The lowest BCUT2D eigenvalue weighted by atomic mass is 9.86. The van der Waals surface area contributed by atoms with Crippen LogP contribution in [0.2, 0.25) is 0 Å². The average Bonchev–Trinajstić information content (AvgIpc) is 0.693. The van der Waals surface area contributed by atoms with E-state index < -0.39 is 48.5 Å². The number of hydrogen-bond donors (Lipinski definition) is 0. The quantitative estimate of drug-likeness (QED) is 0.122. The summed E-state index contributed by atoms with van der Waals surface area (Å²) >= 11 is 0. The summed E-state index contributed by atoms with van der Waals surface area (Å²) in [6.45, 7) is 69.2. The summed E-state index contributed by atoms with van der Waals surface area (Å²) < 4.78 is 115. The van der Waals surface area contributed by atoms with Crippen molar-refractivity contribution in [3.05, 3.63) is 175 Å².